The Morgan fingerprint density at radius 2 is 1.70 bits per heavy atom. The molecule has 176 valence electrons. The van der Waals surface area contributed by atoms with Crippen LogP contribution in [0.1, 0.15) is 0 Å². The molecule has 1 aromatic heterocycles. The number of phenolic OH excluding ortho intramolecular Hbond substituents is 4. The zero-order valence-electron chi connectivity index (χ0n) is 16.7. The van der Waals surface area contributed by atoms with Crippen molar-refractivity contribution in [1.82, 2.24) is 0 Å². The second-order valence-electron chi connectivity index (χ2n) is 7.45. The molecule has 12 heteroatoms. The maximum Gasteiger partial charge on any atom is 0.239 e. The molecule has 0 spiro atoms. The zero-order valence-corrected chi connectivity index (χ0v) is 16.7. The van der Waals surface area contributed by atoms with Crippen molar-refractivity contribution >= 4 is 11.0 Å². The van der Waals surface area contributed by atoms with Gasteiger partial charge in [-0.3, -0.25) is 4.79 Å². The Balaban J connectivity index is 1.88. The van der Waals surface area contributed by atoms with E-state index in [4.69, 9.17) is 19.0 Å². The quantitative estimate of drug-likeness (QED) is 0.224. The number of aliphatic hydroxyl groups is 4. The fourth-order valence-electron chi connectivity index (χ4n) is 3.54. The van der Waals surface area contributed by atoms with Crippen LogP contribution in [0.4, 0.5) is 0 Å². The summed E-state index contributed by atoms with van der Waals surface area (Å²) in [6.45, 7) is -0.783. The van der Waals surface area contributed by atoms with E-state index in [9.17, 15) is 40.5 Å². The Morgan fingerprint density at radius 3 is 2.36 bits per heavy atom. The first-order valence-corrected chi connectivity index (χ1v) is 9.64. The maximum atomic E-state index is 13.2. The molecule has 1 unspecified atom stereocenters. The number of phenols is 4. The van der Waals surface area contributed by atoms with E-state index in [0.717, 1.165) is 24.3 Å². The zero-order chi connectivity index (χ0) is 24.0. The van der Waals surface area contributed by atoms with Crippen molar-refractivity contribution in [2.24, 2.45) is 0 Å². The highest BCUT2D eigenvalue weighted by molar-refractivity contribution is 5.88. The largest absolute Gasteiger partial charge is 0.508 e. The molecule has 33 heavy (non-hydrogen) atoms. The van der Waals surface area contributed by atoms with Crippen molar-refractivity contribution in [1.29, 1.82) is 0 Å². The van der Waals surface area contributed by atoms with Crippen LogP contribution >= 0.6 is 0 Å². The summed E-state index contributed by atoms with van der Waals surface area (Å²) in [5, 5.41) is 78.3. The molecule has 4 rings (SSSR count). The van der Waals surface area contributed by atoms with Gasteiger partial charge < -0.3 is 54.7 Å². The van der Waals surface area contributed by atoms with Crippen molar-refractivity contribution in [2.45, 2.75) is 30.7 Å². The molecule has 0 amide bonds. The van der Waals surface area contributed by atoms with Gasteiger partial charge in [0.15, 0.2) is 17.3 Å². The van der Waals surface area contributed by atoms with Crippen molar-refractivity contribution in [3.05, 3.63) is 40.6 Å². The van der Waals surface area contributed by atoms with Gasteiger partial charge in [-0.25, -0.2) is 0 Å². The van der Waals surface area contributed by atoms with Gasteiger partial charge in [0.25, 0.3) is 0 Å². The average molecular weight is 464 g/mol. The molecule has 0 radical (unpaired) electrons. The third-order valence-corrected chi connectivity index (χ3v) is 5.21. The first-order chi connectivity index (χ1) is 15.6. The number of fused-ring (bicyclic) bond motifs is 1. The highest BCUT2D eigenvalue weighted by Crippen LogP contribution is 2.39. The summed E-state index contributed by atoms with van der Waals surface area (Å²) >= 11 is 0. The van der Waals surface area contributed by atoms with Gasteiger partial charge in [-0.2, -0.15) is 0 Å². The summed E-state index contributed by atoms with van der Waals surface area (Å²) in [5.41, 5.74) is -1.16. The summed E-state index contributed by atoms with van der Waals surface area (Å²) in [6, 6.07) is 5.38. The third-order valence-electron chi connectivity index (χ3n) is 5.21. The molecule has 8 N–H and O–H groups in total. The van der Waals surface area contributed by atoms with Crippen molar-refractivity contribution in [3.8, 4) is 40.1 Å². The van der Waals surface area contributed by atoms with Crippen molar-refractivity contribution < 1.29 is 54.7 Å². The van der Waals surface area contributed by atoms with Crippen LogP contribution in [0.3, 0.4) is 0 Å². The standard InChI is InChI=1S/C21H20O12/c22-6-12(27)19-16(29)17(30)21(32-19)33-20-15(28)14-11(26)4-8(23)5-13(14)31-18(20)7-1-2-9(24)10(25)3-7/h1-5,12,16-17,19,21-27,29-30H,6H2/t12-,16-,17?,19-,21+/m1/s1. The predicted molar refractivity (Wildman–Crippen MR) is 109 cm³/mol. The highest BCUT2D eigenvalue weighted by Gasteiger charge is 2.47. The second kappa shape index (κ2) is 8.42. The van der Waals surface area contributed by atoms with Crippen LogP contribution in [0.15, 0.2) is 39.5 Å². The Hall–Kier alpha value is -3.55. The van der Waals surface area contributed by atoms with E-state index in [0.29, 0.717) is 0 Å². The predicted octanol–water partition coefficient (Wildman–Crippen LogP) is -0.539. The topological polar surface area (TPSA) is 211 Å². The van der Waals surface area contributed by atoms with E-state index < -0.39 is 71.5 Å². The first kappa shape index (κ1) is 22.6. The van der Waals surface area contributed by atoms with Crippen molar-refractivity contribution in [3.63, 3.8) is 0 Å². The van der Waals surface area contributed by atoms with Crippen LogP contribution in [0.2, 0.25) is 0 Å². The van der Waals surface area contributed by atoms with E-state index in [1.165, 1.54) is 6.07 Å². The number of rotatable bonds is 5. The molecule has 2 heterocycles. The van der Waals surface area contributed by atoms with E-state index in [1.807, 2.05) is 0 Å². The molecule has 0 saturated carbocycles. The lowest BCUT2D eigenvalue weighted by atomic mass is 10.1. The van der Waals surface area contributed by atoms with E-state index in [-0.39, 0.29) is 22.3 Å². The van der Waals surface area contributed by atoms with Gasteiger partial charge in [-0.15, -0.1) is 0 Å². The van der Waals surface area contributed by atoms with Crippen LogP contribution < -0.4 is 10.2 Å². The molecular formula is C21H20O12. The van der Waals surface area contributed by atoms with Gasteiger partial charge in [0.05, 0.1) is 6.61 Å². The lowest BCUT2D eigenvalue weighted by Gasteiger charge is -2.19. The number of aliphatic hydroxyl groups excluding tert-OH is 4. The third kappa shape index (κ3) is 3.90. The van der Waals surface area contributed by atoms with E-state index >= 15 is 0 Å². The van der Waals surface area contributed by atoms with E-state index in [1.54, 1.807) is 0 Å². The van der Waals surface area contributed by atoms with Gasteiger partial charge >= 0.3 is 0 Å². The normalized spacial score (nSPS) is 23.6. The summed E-state index contributed by atoms with van der Waals surface area (Å²) in [7, 11) is 0. The average Bonchev–Trinajstić information content (AvgIpc) is 3.04. The smallest absolute Gasteiger partial charge is 0.239 e. The van der Waals surface area contributed by atoms with Crippen LogP contribution in [-0.2, 0) is 4.74 Å². The van der Waals surface area contributed by atoms with Crippen LogP contribution in [-0.4, -0.2) is 78.2 Å². The molecule has 1 aliphatic rings. The molecule has 0 aliphatic carbocycles. The summed E-state index contributed by atoms with van der Waals surface area (Å²) in [6.07, 6.45) is -8.11. The summed E-state index contributed by atoms with van der Waals surface area (Å²) in [5.74, 6) is -3.00. The molecule has 1 fully saturated rings. The number of hydrogen-bond donors (Lipinski definition) is 8. The Labute approximate surface area is 184 Å². The Morgan fingerprint density at radius 1 is 0.970 bits per heavy atom. The van der Waals surface area contributed by atoms with Gasteiger partial charge in [-0.1, -0.05) is 0 Å². The number of ether oxygens (including phenoxy) is 2. The minimum atomic E-state index is -1.75. The molecular weight excluding hydrogens is 444 g/mol. The van der Waals surface area contributed by atoms with Gasteiger partial charge in [0.2, 0.25) is 17.5 Å². The van der Waals surface area contributed by atoms with Crippen LogP contribution in [0.5, 0.6) is 28.7 Å². The monoisotopic (exact) mass is 464 g/mol. The molecule has 12 nitrogen and oxygen atoms in total. The molecule has 1 saturated heterocycles. The number of benzene rings is 2. The molecule has 2 aromatic carbocycles. The first-order valence-electron chi connectivity index (χ1n) is 9.64. The molecule has 1 aliphatic heterocycles. The highest BCUT2D eigenvalue weighted by atomic mass is 16.7. The number of hydrogen-bond acceptors (Lipinski definition) is 12. The van der Waals surface area contributed by atoms with Gasteiger partial charge in [0, 0.05) is 17.7 Å². The van der Waals surface area contributed by atoms with E-state index in [2.05, 4.69) is 0 Å². The fraction of sp³-hybridized carbons (Fsp3) is 0.286. The van der Waals surface area contributed by atoms with Gasteiger partial charge in [-0.05, 0) is 18.2 Å². The lowest BCUT2D eigenvalue weighted by Crippen LogP contribution is -2.40. The Kier molecular flexibility index (Phi) is 5.78. The van der Waals surface area contributed by atoms with Crippen LogP contribution in [0, 0.1) is 0 Å². The minimum absolute atomic E-state index is 0.0297. The maximum absolute atomic E-state index is 13.2. The molecule has 5 atom stereocenters. The minimum Gasteiger partial charge on any atom is -0.508 e. The Bertz CT molecular complexity index is 1250. The van der Waals surface area contributed by atoms with Gasteiger partial charge in [0.1, 0.15) is 46.9 Å². The number of aromatic hydroxyl groups is 4. The SMILES string of the molecule is O=c1c(O[C@@H]2O[C@H]([C@H](O)CO)[C@H](O)C2O)c(-c2ccc(O)c(O)c2)oc2cc(O)cc(O)c12. The summed E-state index contributed by atoms with van der Waals surface area (Å²) < 4.78 is 16.5. The lowest BCUT2D eigenvalue weighted by molar-refractivity contribution is -0.137. The van der Waals surface area contributed by atoms with Crippen LogP contribution in [0.25, 0.3) is 22.3 Å². The fourth-order valence-corrected chi connectivity index (χ4v) is 3.54. The second-order valence-corrected chi connectivity index (χ2v) is 7.45. The molecule has 0 bridgehead atoms. The summed E-state index contributed by atoms with van der Waals surface area (Å²) in [4.78, 5) is 13.2. The van der Waals surface area contributed by atoms with Crippen molar-refractivity contribution in [2.75, 3.05) is 6.61 Å². The molecule has 3 aromatic rings.